The van der Waals surface area contributed by atoms with Crippen LogP contribution in [0.15, 0.2) is 48.5 Å². The monoisotopic (exact) mass is 292 g/mol. The fraction of sp³-hybridized carbons (Fsp3) is 0.200. The largest absolute Gasteiger partial charge is 0.496 e. The summed E-state index contributed by atoms with van der Waals surface area (Å²) in [5.74, 6) is 7.12. The molecule has 0 aromatic heterocycles. The van der Waals surface area contributed by atoms with Gasteiger partial charge in [-0.1, -0.05) is 29.8 Å². The zero-order valence-electron chi connectivity index (χ0n) is 11.2. The Labute approximate surface area is 123 Å². The zero-order chi connectivity index (χ0) is 14.4. The van der Waals surface area contributed by atoms with Crippen LogP contribution in [0.3, 0.4) is 0 Å². The molecule has 2 aromatic carbocycles. The molecule has 0 bridgehead atoms. The Morgan fingerprint density at radius 1 is 1.20 bits per heavy atom. The third kappa shape index (κ3) is 3.63. The van der Waals surface area contributed by atoms with Crippen LogP contribution < -0.4 is 20.7 Å². The maximum absolute atomic E-state index is 6.03. The van der Waals surface area contributed by atoms with Crippen molar-refractivity contribution in [1.82, 2.24) is 5.43 Å². The number of rotatable bonds is 6. The number of hydrazine groups is 1. The molecule has 0 spiro atoms. The molecule has 4 nitrogen and oxygen atoms in total. The minimum absolute atomic E-state index is 0.219. The lowest BCUT2D eigenvalue weighted by molar-refractivity contribution is 0.263. The number of nitrogens with two attached hydrogens (primary N) is 1. The van der Waals surface area contributed by atoms with Gasteiger partial charge in [0.1, 0.15) is 18.1 Å². The van der Waals surface area contributed by atoms with Crippen LogP contribution in [0.25, 0.3) is 0 Å². The molecule has 2 aromatic rings. The molecule has 0 amide bonds. The number of benzene rings is 2. The zero-order valence-corrected chi connectivity index (χ0v) is 11.9. The second kappa shape index (κ2) is 7.14. The highest BCUT2D eigenvalue weighted by molar-refractivity contribution is 6.30. The molecule has 0 aliphatic carbocycles. The molecule has 0 heterocycles. The van der Waals surface area contributed by atoms with Gasteiger partial charge in [0.05, 0.1) is 13.2 Å². The Bertz CT molecular complexity index is 549. The van der Waals surface area contributed by atoms with Crippen LogP contribution in [-0.4, -0.2) is 13.7 Å². The highest BCUT2D eigenvalue weighted by atomic mass is 35.5. The summed E-state index contributed by atoms with van der Waals surface area (Å²) in [7, 11) is 1.61. The first kappa shape index (κ1) is 14.7. The summed E-state index contributed by atoms with van der Waals surface area (Å²) in [4.78, 5) is 0. The fourth-order valence-electron chi connectivity index (χ4n) is 1.90. The van der Waals surface area contributed by atoms with Crippen LogP contribution in [0, 0.1) is 0 Å². The first-order valence-electron chi connectivity index (χ1n) is 6.22. The topological polar surface area (TPSA) is 56.5 Å². The molecule has 0 fully saturated rings. The van der Waals surface area contributed by atoms with Gasteiger partial charge in [-0.05, 0) is 30.3 Å². The van der Waals surface area contributed by atoms with Crippen molar-refractivity contribution < 1.29 is 9.47 Å². The molecular formula is C15H17ClN2O2. The van der Waals surface area contributed by atoms with Crippen molar-refractivity contribution >= 4 is 11.6 Å². The number of para-hydroxylation sites is 1. The molecule has 1 atom stereocenters. The van der Waals surface area contributed by atoms with E-state index in [2.05, 4.69) is 5.43 Å². The SMILES string of the molecule is COc1ccc(Cl)cc1C(COc1ccccc1)NN. The van der Waals surface area contributed by atoms with Crippen LogP contribution in [0.4, 0.5) is 0 Å². The average Bonchev–Trinajstić information content (AvgIpc) is 2.49. The summed E-state index contributed by atoms with van der Waals surface area (Å²) in [5, 5.41) is 0.626. The lowest BCUT2D eigenvalue weighted by Gasteiger charge is -2.19. The number of hydrogen-bond acceptors (Lipinski definition) is 4. The number of hydrogen-bond donors (Lipinski definition) is 2. The minimum atomic E-state index is -0.219. The third-order valence-electron chi connectivity index (χ3n) is 2.93. The summed E-state index contributed by atoms with van der Waals surface area (Å²) in [6.07, 6.45) is 0. The summed E-state index contributed by atoms with van der Waals surface area (Å²) in [6.45, 7) is 0.372. The van der Waals surface area contributed by atoms with Crippen molar-refractivity contribution in [2.75, 3.05) is 13.7 Å². The van der Waals surface area contributed by atoms with Crippen LogP contribution in [0.5, 0.6) is 11.5 Å². The van der Waals surface area contributed by atoms with Crippen molar-refractivity contribution in [2.45, 2.75) is 6.04 Å². The number of methoxy groups -OCH3 is 1. The lowest BCUT2D eigenvalue weighted by atomic mass is 10.1. The van der Waals surface area contributed by atoms with Gasteiger partial charge in [-0.25, -0.2) is 5.43 Å². The van der Waals surface area contributed by atoms with E-state index in [1.807, 2.05) is 42.5 Å². The van der Waals surface area contributed by atoms with Crippen molar-refractivity contribution in [2.24, 2.45) is 5.84 Å². The predicted molar refractivity (Wildman–Crippen MR) is 80.0 cm³/mol. The van der Waals surface area contributed by atoms with E-state index < -0.39 is 0 Å². The standard InChI is InChI=1S/C15H17ClN2O2/c1-19-15-8-7-11(16)9-13(15)14(18-17)10-20-12-5-3-2-4-6-12/h2-9,14,18H,10,17H2,1H3. The number of halogens is 1. The van der Waals surface area contributed by atoms with Gasteiger partial charge in [0.25, 0.3) is 0 Å². The molecule has 20 heavy (non-hydrogen) atoms. The van der Waals surface area contributed by atoms with Gasteiger partial charge in [-0.2, -0.15) is 0 Å². The molecule has 5 heteroatoms. The highest BCUT2D eigenvalue weighted by Crippen LogP contribution is 2.28. The second-order valence-electron chi connectivity index (χ2n) is 4.23. The average molecular weight is 293 g/mol. The van der Waals surface area contributed by atoms with E-state index in [9.17, 15) is 0 Å². The molecule has 0 saturated heterocycles. The van der Waals surface area contributed by atoms with E-state index in [1.165, 1.54) is 0 Å². The van der Waals surface area contributed by atoms with E-state index in [1.54, 1.807) is 13.2 Å². The molecule has 2 rings (SSSR count). The summed E-state index contributed by atoms with van der Waals surface area (Å²) in [5.41, 5.74) is 3.59. The number of ether oxygens (including phenoxy) is 2. The number of nitrogens with one attached hydrogen (secondary N) is 1. The van der Waals surface area contributed by atoms with Gasteiger partial charge < -0.3 is 9.47 Å². The normalized spacial score (nSPS) is 11.9. The van der Waals surface area contributed by atoms with E-state index in [0.29, 0.717) is 17.4 Å². The second-order valence-corrected chi connectivity index (χ2v) is 4.67. The molecule has 106 valence electrons. The predicted octanol–water partition coefficient (Wildman–Crippen LogP) is 2.93. The van der Waals surface area contributed by atoms with Crippen LogP contribution in [-0.2, 0) is 0 Å². The Morgan fingerprint density at radius 2 is 1.95 bits per heavy atom. The Morgan fingerprint density at radius 3 is 2.60 bits per heavy atom. The van der Waals surface area contributed by atoms with Gasteiger partial charge >= 0.3 is 0 Å². The molecular weight excluding hydrogens is 276 g/mol. The van der Waals surface area contributed by atoms with Crippen molar-refractivity contribution in [1.29, 1.82) is 0 Å². The van der Waals surface area contributed by atoms with Crippen LogP contribution >= 0.6 is 11.6 Å². The Hall–Kier alpha value is -1.75. The molecule has 0 saturated carbocycles. The molecule has 0 radical (unpaired) electrons. The first-order chi connectivity index (χ1) is 9.74. The van der Waals surface area contributed by atoms with E-state index >= 15 is 0 Å². The van der Waals surface area contributed by atoms with Gasteiger partial charge in [0.15, 0.2) is 0 Å². The highest BCUT2D eigenvalue weighted by Gasteiger charge is 2.16. The smallest absolute Gasteiger partial charge is 0.123 e. The third-order valence-corrected chi connectivity index (χ3v) is 3.16. The van der Waals surface area contributed by atoms with Crippen LogP contribution in [0.2, 0.25) is 5.02 Å². The summed E-state index contributed by atoms with van der Waals surface area (Å²) in [6, 6.07) is 14.7. The quantitative estimate of drug-likeness (QED) is 0.635. The molecule has 3 N–H and O–H groups in total. The van der Waals surface area contributed by atoms with Crippen LogP contribution in [0.1, 0.15) is 11.6 Å². The van der Waals surface area contributed by atoms with E-state index in [0.717, 1.165) is 11.3 Å². The van der Waals surface area contributed by atoms with Gasteiger partial charge in [0, 0.05) is 10.6 Å². The van der Waals surface area contributed by atoms with Crippen molar-refractivity contribution in [3.63, 3.8) is 0 Å². The molecule has 0 aliphatic rings. The molecule has 0 aliphatic heterocycles. The maximum Gasteiger partial charge on any atom is 0.123 e. The van der Waals surface area contributed by atoms with E-state index in [4.69, 9.17) is 26.9 Å². The summed E-state index contributed by atoms with van der Waals surface area (Å²) < 4.78 is 11.0. The lowest BCUT2D eigenvalue weighted by Crippen LogP contribution is -2.32. The van der Waals surface area contributed by atoms with Gasteiger partial charge in [-0.3, -0.25) is 5.84 Å². The van der Waals surface area contributed by atoms with Crippen molar-refractivity contribution in [3.05, 3.63) is 59.1 Å². The summed E-state index contributed by atoms with van der Waals surface area (Å²) >= 11 is 6.03. The maximum atomic E-state index is 6.03. The Balaban J connectivity index is 2.14. The van der Waals surface area contributed by atoms with Gasteiger partial charge in [0.2, 0.25) is 0 Å². The first-order valence-corrected chi connectivity index (χ1v) is 6.60. The van der Waals surface area contributed by atoms with E-state index in [-0.39, 0.29) is 6.04 Å². The Kier molecular flexibility index (Phi) is 5.24. The molecule has 1 unspecified atom stereocenters. The fourth-order valence-corrected chi connectivity index (χ4v) is 2.08. The van der Waals surface area contributed by atoms with Crippen molar-refractivity contribution in [3.8, 4) is 11.5 Å². The van der Waals surface area contributed by atoms with Gasteiger partial charge in [-0.15, -0.1) is 0 Å². The minimum Gasteiger partial charge on any atom is -0.496 e.